The van der Waals surface area contributed by atoms with E-state index in [1.807, 2.05) is 6.07 Å². The molecule has 0 amide bonds. The summed E-state index contributed by atoms with van der Waals surface area (Å²) in [6.07, 6.45) is 0.968. The van der Waals surface area contributed by atoms with Crippen LogP contribution in [-0.4, -0.2) is 20.7 Å². The molecule has 6 heteroatoms. The first-order chi connectivity index (χ1) is 8.94. The monoisotopic (exact) mass is 325 g/mol. The SMILES string of the molecule is CC1(F)CC(Cn2nnc3ccc(Br)cc3c2=O)C1. The van der Waals surface area contributed by atoms with Gasteiger partial charge in [0.05, 0.1) is 5.39 Å². The number of hydrogen-bond donors (Lipinski definition) is 0. The summed E-state index contributed by atoms with van der Waals surface area (Å²) in [5.74, 6) is 0.173. The van der Waals surface area contributed by atoms with E-state index in [9.17, 15) is 9.18 Å². The highest BCUT2D eigenvalue weighted by Crippen LogP contribution is 2.41. The molecule has 0 bridgehead atoms. The minimum atomic E-state index is -1.08. The third-order valence-electron chi connectivity index (χ3n) is 3.54. The van der Waals surface area contributed by atoms with Gasteiger partial charge in [0.2, 0.25) is 0 Å². The summed E-state index contributed by atoms with van der Waals surface area (Å²) in [4.78, 5) is 12.3. The summed E-state index contributed by atoms with van der Waals surface area (Å²) in [5.41, 5.74) is -0.672. The first kappa shape index (κ1) is 12.7. The number of hydrogen-bond acceptors (Lipinski definition) is 3. The summed E-state index contributed by atoms with van der Waals surface area (Å²) in [6.45, 7) is 2.03. The first-order valence-electron chi connectivity index (χ1n) is 6.17. The molecule has 0 radical (unpaired) electrons. The van der Waals surface area contributed by atoms with Crippen LogP contribution in [0.5, 0.6) is 0 Å². The second-order valence-electron chi connectivity index (χ2n) is 5.43. The van der Waals surface area contributed by atoms with Gasteiger partial charge in [0, 0.05) is 11.0 Å². The summed E-state index contributed by atoms with van der Waals surface area (Å²) in [6, 6.07) is 5.31. The lowest BCUT2D eigenvalue weighted by Gasteiger charge is -2.38. The van der Waals surface area contributed by atoms with Crippen LogP contribution >= 0.6 is 15.9 Å². The van der Waals surface area contributed by atoms with Crippen LogP contribution in [0, 0.1) is 5.92 Å². The van der Waals surface area contributed by atoms with Crippen molar-refractivity contribution in [1.29, 1.82) is 0 Å². The fraction of sp³-hybridized carbons (Fsp3) is 0.462. The lowest BCUT2D eigenvalue weighted by Crippen LogP contribution is -2.41. The maximum Gasteiger partial charge on any atom is 0.277 e. The van der Waals surface area contributed by atoms with Crippen molar-refractivity contribution >= 4 is 26.8 Å². The molecule has 1 aromatic heterocycles. The van der Waals surface area contributed by atoms with Gasteiger partial charge in [0.25, 0.3) is 5.56 Å². The third-order valence-corrected chi connectivity index (χ3v) is 4.04. The zero-order valence-electron chi connectivity index (χ0n) is 10.4. The number of alkyl halides is 1. The molecule has 1 saturated carbocycles. The molecular weight excluding hydrogens is 313 g/mol. The van der Waals surface area contributed by atoms with Crippen LogP contribution in [0.25, 0.3) is 10.9 Å². The number of benzene rings is 1. The van der Waals surface area contributed by atoms with Crippen molar-refractivity contribution in [1.82, 2.24) is 15.0 Å². The summed E-state index contributed by atoms with van der Waals surface area (Å²) in [5, 5.41) is 8.49. The maximum absolute atomic E-state index is 13.4. The van der Waals surface area contributed by atoms with Crippen LogP contribution in [0.4, 0.5) is 4.39 Å². The van der Waals surface area contributed by atoms with Gasteiger partial charge in [-0.25, -0.2) is 9.07 Å². The van der Waals surface area contributed by atoms with Gasteiger partial charge in [-0.05, 0) is 43.9 Å². The molecule has 0 unspecified atom stereocenters. The topological polar surface area (TPSA) is 47.8 Å². The van der Waals surface area contributed by atoms with Crippen LogP contribution < -0.4 is 5.56 Å². The molecule has 0 N–H and O–H groups in total. The molecular formula is C13H13BrFN3O. The minimum absolute atomic E-state index is 0.168. The Bertz CT molecular complexity index is 690. The number of aromatic nitrogens is 3. The molecule has 0 saturated heterocycles. The Balaban J connectivity index is 1.93. The predicted octanol–water partition coefficient (Wildman–Crippen LogP) is 2.69. The van der Waals surface area contributed by atoms with E-state index in [2.05, 4.69) is 26.2 Å². The van der Waals surface area contributed by atoms with Gasteiger partial charge >= 0.3 is 0 Å². The molecule has 2 aromatic rings. The maximum atomic E-state index is 13.4. The van der Waals surface area contributed by atoms with Crippen molar-refractivity contribution in [2.75, 3.05) is 0 Å². The fourth-order valence-electron chi connectivity index (χ4n) is 2.69. The normalized spacial score (nSPS) is 26.4. The van der Waals surface area contributed by atoms with Crippen molar-refractivity contribution in [3.63, 3.8) is 0 Å². The van der Waals surface area contributed by atoms with E-state index in [4.69, 9.17) is 0 Å². The van der Waals surface area contributed by atoms with E-state index in [-0.39, 0.29) is 11.5 Å². The lowest BCUT2D eigenvalue weighted by molar-refractivity contribution is 0.0146. The second kappa shape index (κ2) is 4.37. The van der Waals surface area contributed by atoms with Crippen molar-refractivity contribution in [3.05, 3.63) is 33.0 Å². The smallest absolute Gasteiger partial charge is 0.267 e. The van der Waals surface area contributed by atoms with Crippen LogP contribution in [0.15, 0.2) is 27.5 Å². The Morgan fingerprint density at radius 1 is 1.53 bits per heavy atom. The largest absolute Gasteiger partial charge is 0.277 e. The molecule has 1 heterocycles. The van der Waals surface area contributed by atoms with Gasteiger partial charge in [-0.15, -0.1) is 5.10 Å². The zero-order valence-corrected chi connectivity index (χ0v) is 12.0. The minimum Gasteiger partial charge on any atom is -0.267 e. The molecule has 100 valence electrons. The van der Waals surface area contributed by atoms with Crippen molar-refractivity contribution in [2.24, 2.45) is 5.92 Å². The molecule has 0 atom stereocenters. The van der Waals surface area contributed by atoms with Crippen LogP contribution in [0.2, 0.25) is 0 Å². The Hall–Kier alpha value is -1.30. The van der Waals surface area contributed by atoms with Gasteiger partial charge in [-0.2, -0.15) is 0 Å². The van der Waals surface area contributed by atoms with E-state index in [0.717, 1.165) is 4.47 Å². The molecule has 0 aliphatic heterocycles. The highest BCUT2D eigenvalue weighted by molar-refractivity contribution is 9.10. The lowest BCUT2D eigenvalue weighted by atomic mass is 9.73. The summed E-state index contributed by atoms with van der Waals surface area (Å²) >= 11 is 3.34. The molecule has 19 heavy (non-hydrogen) atoms. The van der Waals surface area contributed by atoms with Crippen LogP contribution in [0.1, 0.15) is 19.8 Å². The van der Waals surface area contributed by atoms with Crippen LogP contribution in [-0.2, 0) is 6.54 Å². The van der Waals surface area contributed by atoms with Crippen molar-refractivity contribution < 1.29 is 4.39 Å². The predicted molar refractivity (Wildman–Crippen MR) is 73.7 cm³/mol. The van der Waals surface area contributed by atoms with E-state index >= 15 is 0 Å². The van der Waals surface area contributed by atoms with Crippen molar-refractivity contribution in [3.8, 4) is 0 Å². The Morgan fingerprint density at radius 3 is 2.95 bits per heavy atom. The number of halogens is 2. The first-order valence-corrected chi connectivity index (χ1v) is 6.96. The molecule has 3 rings (SSSR count). The summed E-state index contributed by atoms with van der Waals surface area (Å²) in [7, 11) is 0. The zero-order chi connectivity index (χ0) is 13.6. The van der Waals surface area contributed by atoms with Gasteiger partial charge in [0.15, 0.2) is 0 Å². The number of fused-ring (bicyclic) bond motifs is 1. The standard InChI is InChI=1S/C13H13BrFN3O/c1-13(15)5-8(6-13)7-18-12(19)10-4-9(14)2-3-11(10)16-17-18/h2-4,8H,5-7H2,1H3. The van der Waals surface area contributed by atoms with E-state index in [1.165, 1.54) is 4.68 Å². The van der Waals surface area contributed by atoms with E-state index in [0.29, 0.717) is 30.3 Å². The van der Waals surface area contributed by atoms with E-state index < -0.39 is 5.67 Å². The van der Waals surface area contributed by atoms with Gasteiger partial charge in [-0.3, -0.25) is 4.79 Å². The quantitative estimate of drug-likeness (QED) is 0.852. The Morgan fingerprint density at radius 2 is 2.26 bits per heavy atom. The third kappa shape index (κ3) is 2.41. The molecule has 1 aliphatic carbocycles. The highest BCUT2D eigenvalue weighted by Gasteiger charge is 2.40. The average Bonchev–Trinajstić information content (AvgIpc) is 2.31. The average molecular weight is 326 g/mol. The molecule has 1 fully saturated rings. The number of rotatable bonds is 2. The second-order valence-corrected chi connectivity index (χ2v) is 6.34. The fourth-order valence-corrected chi connectivity index (χ4v) is 3.05. The summed E-state index contributed by atoms with van der Waals surface area (Å²) < 4.78 is 15.6. The van der Waals surface area contributed by atoms with Gasteiger partial charge in [-0.1, -0.05) is 21.1 Å². The molecule has 0 spiro atoms. The molecule has 1 aromatic carbocycles. The van der Waals surface area contributed by atoms with Crippen LogP contribution in [0.3, 0.4) is 0 Å². The molecule has 4 nitrogen and oxygen atoms in total. The number of nitrogens with zero attached hydrogens (tertiary/aromatic N) is 3. The highest BCUT2D eigenvalue weighted by atomic mass is 79.9. The van der Waals surface area contributed by atoms with Gasteiger partial charge < -0.3 is 0 Å². The van der Waals surface area contributed by atoms with E-state index in [1.54, 1.807) is 19.1 Å². The van der Waals surface area contributed by atoms with Crippen molar-refractivity contribution in [2.45, 2.75) is 32.0 Å². The van der Waals surface area contributed by atoms with Gasteiger partial charge in [0.1, 0.15) is 11.2 Å². The molecule has 1 aliphatic rings. The Labute approximate surface area is 117 Å². The Kier molecular flexibility index (Phi) is 2.92.